The summed E-state index contributed by atoms with van der Waals surface area (Å²) in [7, 11) is 0. The lowest BCUT2D eigenvalue weighted by molar-refractivity contribution is 0.107. The van der Waals surface area contributed by atoms with Gasteiger partial charge in [-0.2, -0.15) is 0 Å². The highest BCUT2D eigenvalue weighted by atomic mass is 32.1. The van der Waals surface area contributed by atoms with E-state index in [1.165, 1.54) is 16.7 Å². The van der Waals surface area contributed by atoms with Gasteiger partial charge in [0.1, 0.15) is 0 Å². The van der Waals surface area contributed by atoms with E-state index in [1.54, 1.807) is 0 Å². The number of rotatable bonds is 8. The fourth-order valence-corrected chi connectivity index (χ4v) is 3.06. The molecule has 0 aliphatic rings. The molecule has 0 aliphatic carbocycles. The van der Waals surface area contributed by atoms with Crippen LogP contribution in [0.1, 0.15) is 29.2 Å². The Bertz CT molecular complexity index is 879. The smallest absolute Gasteiger partial charge is 0.171 e. The summed E-state index contributed by atoms with van der Waals surface area (Å²) < 4.78 is 5.83. The molecule has 28 heavy (non-hydrogen) atoms. The van der Waals surface area contributed by atoms with Gasteiger partial charge in [-0.15, -0.1) is 0 Å². The SMILES string of the molecule is CCc1ccc(NC(=S)NCc2cccc(COCc3ccccc3)c2)cc1. The van der Waals surface area contributed by atoms with Crippen LogP contribution in [0.5, 0.6) is 0 Å². The summed E-state index contributed by atoms with van der Waals surface area (Å²) in [5.41, 5.74) is 5.83. The van der Waals surface area contributed by atoms with Gasteiger partial charge < -0.3 is 15.4 Å². The van der Waals surface area contributed by atoms with Crippen LogP contribution in [0.15, 0.2) is 78.9 Å². The van der Waals surface area contributed by atoms with Crippen molar-refractivity contribution < 1.29 is 4.74 Å². The van der Waals surface area contributed by atoms with Crippen molar-refractivity contribution in [3.63, 3.8) is 0 Å². The Morgan fingerprint density at radius 3 is 2.21 bits per heavy atom. The van der Waals surface area contributed by atoms with Gasteiger partial charge in [0, 0.05) is 12.2 Å². The maximum Gasteiger partial charge on any atom is 0.171 e. The Balaban J connectivity index is 1.45. The third-order valence-corrected chi connectivity index (χ3v) is 4.69. The summed E-state index contributed by atoms with van der Waals surface area (Å²) in [6.45, 7) is 4.03. The number of nitrogens with one attached hydrogen (secondary N) is 2. The zero-order valence-electron chi connectivity index (χ0n) is 16.2. The molecule has 144 valence electrons. The van der Waals surface area contributed by atoms with Crippen LogP contribution < -0.4 is 10.6 Å². The molecule has 0 radical (unpaired) electrons. The molecule has 0 spiro atoms. The highest BCUT2D eigenvalue weighted by molar-refractivity contribution is 7.80. The molecule has 0 heterocycles. The maximum atomic E-state index is 5.83. The number of hydrogen-bond acceptors (Lipinski definition) is 2. The monoisotopic (exact) mass is 390 g/mol. The van der Waals surface area contributed by atoms with Crippen molar-refractivity contribution in [1.82, 2.24) is 5.32 Å². The van der Waals surface area contributed by atoms with Crippen LogP contribution in [0.3, 0.4) is 0 Å². The summed E-state index contributed by atoms with van der Waals surface area (Å²) in [6, 6.07) is 26.9. The average molecular weight is 391 g/mol. The van der Waals surface area contributed by atoms with Crippen molar-refractivity contribution in [2.24, 2.45) is 0 Å². The first-order chi connectivity index (χ1) is 13.7. The Hall–Kier alpha value is -2.69. The van der Waals surface area contributed by atoms with Gasteiger partial charge in [-0.1, -0.05) is 73.7 Å². The van der Waals surface area contributed by atoms with E-state index in [1.807, 2.05) is 18.2 Å². The Labute approximate surface area is 172 Å². The number of aryl methyl sites for hydroxylation is 1. The van der Waals surface area contributed by atoms with Gasteiger partial charge >= 0.3 is 0 Å². The maximum absolute atomic E-state index is 5.83. The molecule has 3 aromatic rings. The molecule has 0 aliphatic heterocycles. The number of ether oxygens (including phenoxy) is 1. The molecule has 0 fully saturated rings. The van der Waals surface area contributed by atoms with E-state index in [0.29, 0.717) is 24.9 Å². The minimum atomic E-state index is 0.592. The lowest BCUT2D eigenvalue weighted by Crippen LogP contribution is -2.27. The zero-order valence-corrected chi connectivity index (χ0v) is 17.0. The predicted molar refractivity (Wildman–Crippen MR) is 120 cm³/mol. The number of hydrogen-bond donors (Lipinski definition) is 2. The zero-order chi connectivity index (χ0) is 19.6. The standard InChI is InChI=1S/C24H26N2OS/c1-2-19-11-13-23(14-12-19)26-24(28)25-16-21-9-6-10-22(15-21)18-27-17-20-7-4-3-5-8-20/h3-15H,2,16-18H2,1H3,(H2,25,26,28). The highest BCUT2D eigenvalue weighted by Gasteiger charge is 2.01. The quantitative estimate of drug-likeness (QED) is 0.501. The van der Waals surface area contributed by atoms with Crippen molar-refractivity contribution in [3.05, 3.63) is 101 Å². The van der Waals surface area contributed by atoms with E-state index in [2.05, 4.69) is 78.2 Å². The predicted octanol–water partition coefficient (Wildman–Crippen LogP) is 5.45. The fourth-order valence-electron chi connectivity index (χ4n) is 2.87. The second-order valence-corrected chi connectivity index (χ2v) is 7.06. The first kappa shape index (κ1) is 20.1. The molecule has 0 aromatic heterocycles. The summed E-state index contributed by atoms with van der Waals surface area (Å²) >= 11 is 5.41. The molecule has 0 saturated carbocycles. The second kappa shape index (κ2) is 10.6. The summed E-state index contributed by atoms with van der Waals surface area (Å²) in [5, 5.41) is 7.11. The topological polar surface area (TPSA) is 33.3 Å². The first-order valence-corrected chi connectivity index (χ1v) is 9.97. The van der Waals surface area contributed by atoms with Gasteiger partial charge in [-0.05, 0) is 53.0 Å². The summed E-state index contributed by atoms with van der Waals surface area (Å²) in [4.78, 5) is 0. The van der Waals surface area contributed by atoms with E-state index in [-0.39, 0.29) is 0 Å². The molecule has 0 bridgehead atoms. The van der Waals surface area contributed by atoms with Gasteiger partial charge in [0.25, 0.3) is 0 Å². The molecule has 3 nitrogen and oxygen atoms in total. The molecule has 4 heteroatoms. The number of anilines is 1. The third-order valence-electron chi connectivity index (χ3n) is 4.44. The van der Waals surface area contributed by atoms with E-state index in [0.717, 1.165) is 17.7 Å². The minimum absolute atomic E-state index is 0.592. The highest BCUT2D eigenvalue weighted by Crippen LogP contribution is 2.11. The fraction of sp³-hybridized carbons (Fsp3) is 0.208. The lowest BCUT2D eigenvalue weighted by Gasteiger charge is -2.12. The van der Waals surface area contributed by atoms with Gasteiger partial charge in [-0.25, -0.2) is 0 Å². The van der Waals surface area contributed by atoms with Gasteiger partial charge in [0.05, 0.1) is 13.2 Å². The van der Waals surface area contributed by atoms with Crippen LogP contribution >= 0.6 is 12.2 Å². The second-order valence-electron chi connectivity index (χ2n) is 6.66. The van der Waals surface area contributed by atoms with Gasteiger partial charge in [0.15, 0.2) is 5.11 Å². The Morgan fingerprint density at radius 1 is 0.786 bits per heavy atom. The van der Waals surface area contributed by atoms with E-state index < -0.39 is 0 Å². The lowest BCUT2D eigenvalue weighted by atomic mass is 10.1. The van der Waals surface area contributed by atoms with Crippen LogP contribution in [0, 0.1) is 0 Å². The molecule has 0 amide bonds. The molecular formula is C24H26N2OS. The molecule has 0 unspecified atom stereocenters. The molecule has 3 aromatic carbocycles. The third kappa shape index (κ3) is 6.48. The van der Waals surface area contributed by atoms with Crippen LogP contribution in [0.25, 0.3) is 0 Å². The Morgan fingerprint density at radius 2 is 1.46 bits per heavy atom. The Kier molecular flexibility index (Phi) is 7.59. The van der Waals surface area contributed by atoms with Crippen molar-refractivity contribution in [2.45, 2.75) is 33.1 Å². The summed E-state index contributed by atoms with van der Waals surface area (Å²) in [6.07, 6.45) is 1.04. The van der Waals surface area contributed by atoms with Crippen LogP contribution in [0.2, 0.25) is 0 Å². The molecule has 2 N–H and O–H groups in total. The van der Waals surface area contributed by atoms with Crippen molar-refractivity contribution in [1.29, 1.82) is 0 Å². The average Bonchev–Trinajstić information content (AvgIpc) is 2.74. The van der Waals surface area contributed by atoms with Gasteiger partial charge in [0.2, 0.25) is 0 Å². The van der Waals surface area contributed by atoms with Crippen LogP contribution in [0.4, 0.5) is 5.69 Å². The van der Waals surface area contributed by atoms with Crippen LogP contribution in [-0.4, -0.2) is 5.11 Å². The molecular weight excluding hydrogens is 364 g/mol. The number of thiocarbonyl (C=S) groups is 1. The van der Waals surface area contributed by atoms with E-state index in [9.17, 15) is 0 Å². The van der Waals surface area contributed by atoms with Crippen molar-refractivity contribution >= 4 is 23.0 Å². The van der Waals surface area contributed by atoms with E-state index >= 15 is 0 Å². The van der Waals surface area contributed by atoms with E-state index in [4.69, 9.17) is 17.0 Å². The minimum Gasteiger partial charge on any atom is -0.372 e. The van der Waals surface area contributed by atoms with Crippen LogP contribution in [-0.2, 0) is 30.9 Å². The molecule has 3 rings (SSSR count). The van der Waals surface area contributed by atoms with Crippen molar-refractivity contribution in [2.75, 3.05) is 5.32 Å². The van der Waals surface area contributed by atoms with Crippen molar-refractivity contribution in [3.8, 4) is 0 Å². The largest absolute Gasteiger partial charge is 0.372 e. The first-order valence-electron chi connectivity index (χ1n) is 9.56. The van der Waals surface area contributed by atoms with Gasteiger partial charge in [-0.3, -0.25) is 0 Å². The normalized spacial score (nSPS) is 10.5. The molecule has 0 saturated heterocycles. The summed E-state index contributed by atoms with van der Waals surface area (Å²) in [5.74, 6) is 0. The molecule has 0 atom stereocenters. The number of benzene rings is 3.